The molecule has 5 aromatic rings. The topological polar surface area (TPSA) is 95.4 Å². The number of para-hydroxylation sites is 1. The third-order valence-electron chi connectivity index (χ3n) is 6.08. The normalized spacial score (nSPS) is 12.9. The number of amides is 1. The minimum absolute atomic E-state index is 0.201. The standard InChI is InChI=1S/C26H22N6O3/c33-25(24-21-8-4-5-16-31(21)32(26(24)34)19-6-2-1-3-7-19)28-18-9-11-20(12-10-18)35-23-14-17-30-22(29-23)13-15-27-30/h1-3,6-7,9-15,17H,4-5,8,16H2,(H,28,33). The van der Waals surface area contributed by atoms with Crippen molar-refractivity contribution in [2.75, 3.05) is 5.32 Å². The SMILES string of the molecule is O=C(Nc1ccc(Oc2ccn3nccc3n2)cc1)c1c2n(n(-c3ccccc3)c1=O)CCCC2. The number of anilines is 1. The van der Waals surface area contributed by atoms with Crippen LogP contribution in [0, 0.1) is 0 Å². The number of benzene rings is 2. The second-order valence-electron chi connectivity index (χ2n) is 8.33. The number of aromatic nitrogens is 5. The Morgan fingerprint density at radius 3 is 2.63 bits per heavy atom. The van der Waals surface area contributed by atoms with Crippen LogP contribution in [0.1, 0.15) is 28.9 Å². The van der Waals surface area contributed by atoms with Gasteiger partial charge in [0.25, 0.3) is 11.5 Å². The van der Waals surface area contributed by atoms with Gasteiger partial charge in [-0.05, 0) is 55.7 Å². The molecular formula is C26H22N6O3. The van der Waals surface area contributed by atoms with Gasteiger partial charge in [0.15, 0.2) is 5.65 Å². The van der Waals surface area contributed by atoms with Crippen LogP contribution in [0.4, 0.5) is 5.69 Å². The minimum Gasteiger partial charge on any atom is -0.439 e. The van der Waals surface area contributed by atoms with Crippen LogP contribution < -0.4 is 15.6 Å². The van der Waals surface area contributed by atoms with Crippen LogP contribution in [0.3, 0.4) is 0 Å². The molecule has 35 heavy (non-hydrogen) atoms. The Kier molecular flexibility index (Phi) is 5.14. The summed E-state index contributed by atoms with van der Waals surface area (Å²) >= 11 is 0. The highest BCUT2D eigenvalue weighted by Crippen LogP contribution is 2.24. The largest absolute Gasteiger partial charge is 0.439 e. The molecule has 174 valence electrons. The van der Waals surface area contributed by atoms with Gasteiger partial charge in [-0.25, -0.2) is 9.20 Å². The molecule has 0 spiro atoms. The van der Waals surface area contributed by atoms with Gasteiger partial charge in [-0.2, -0.15) is 10.1 Å². The highest BCUT2D eigenvalue weighted by Gasteiger charge is 2.27. The average molecular weight is 467 g/mol. The molecule has 1 aliphatic rings. The molecule has 9 nitrogen and oxygen atoms in total. The van der Waals surface area contributed by atoms with Crippen molar-refractivity contribution in [2.45, 2.75) is 25.8 Å². The van der Waals surface area contributed by atoms with E-state index in [0.29, 0.717) is 35.9 Å². The predicted octanol–water partition coefficient (Wildman–Crippen LogP) is 4.06. The van der Waals surface area contributed by atoms with E-state index >= 15 is 0 Å². The Balaban J connectivity index is 1.24. The van der Waals surface area contributed by atoms with E-state index in [0.717, 1.165) is 24.2 Å². The molecule has 0 unspecified atom stereocenters. The van der Waals surface area contributed by atoms with Gasteiger partial charge < -0.3 is 10.1 Å². The van der Waals surface area contributed by atoms with E-state index in [9.17, 15) is 9.59 Å². The molecule has 0 aliphatic carbocycles. The summed E-state index contributed by atoms with van der Waals surface area (Å²) < 4.78 is 11.0. The maximum absolute atomic E-state index is 13.4. The number of nitrogens with one attached hydrogen (secondary N) is 1. The lowest BCUT2D eigenvalue weighted by Crippen LogP contribution is -2.25. The van der Waals surface area contributed by atoms with Crippen LogP contribution in [0.15, 0.2) is 83.9 Å². The Morgan fingerprint density at radius 2 is 1.80 bits per heavy atom. The molecule has 0 saturated carbocycles. The van der Waals surface area contributed by atoms with Gasteiger partial charge in [0.1, 0.15) is 11.3 Å². The van der Waals surface area contributed by atoms with Crippen LogP contribution in [0.5, 0.6) is 11.6 Å². The molecule has 1 amide bonds. The van der Waals surface area contributed by atoms with Crippen molar-refractivity contribution < 1.29 is 9.53 Å². The van der Waals surface area contributed by atoms with Crippen LogP contribution >= 0.6 is 0 Å². The molecule has 3 aromatic heterocycles. The number of hydrogen-bond acceptors (Lipinski definition) is 5. The van der Waals surface area contributed by atoms with E-state index < -0.39 is 5.91 Å². The number of nitrogens with zero attached hydrogens (tertiary/aromatic N) is 5. The lowest BCUT2D eigenvalue weighted by Gasteiger charge is -2.19. The zero-order chi connectivity index (χ0) is 23.8. The molecule has 0 radical (unpaired) electrons. The Hall–Kier alpha value is -4.66. The predicted molar refractivity (Wildman–Crippen MR) is 130 cm³/mol. The van der Waals surface area contributed by atoms with Crippen LogP contribution in [-0.4, -0.2) is 29.9 Å². The van der Waals surface area contributed by atoms with E-state index in [1.807, 2.05) is 35.0 Å². The van der Waals surface area contributed by atoms with E-state index in [-0.39, 0.29) is 11.1 Å². The number of ether oxygens (including phenoxy) is 1. The lowest BCUT2D eigenvalue weighted by atomic mass is 10.1. The third-order valence-corrected chi connectivity index (χ3v) is 6.08. The lowest BCUT2D eigenvalue weighted by molar-refractivity contribution is 0.102. The van der Waals surface area contributed by atoms with Crippen LogP contribution in [0.2, 0.25) is 0 Å². The van der Waals surface area contributed by atoms with Crippen molar-refractivity contribution in [1.82, 2.24) is 24.0 Å². The van der Waals surface area contributed by atoms with E-state index in [1.165, 1.54) is 0 Å². The first-order chi connectivity index (χ1) is 17.2. The fraction of sp³-hybridized carbons (Fsp3) is 0.154. The van der Waals surface area contributed by atoms with Crippen molar-refractivity contribution in [3.05, 3.63) is 101 Å². The fourth-order valence-corrected chi connectivity index (χ4v) is 4.46. The molecule has 0 bridgehead atoms. The smallest absolute Gasteiger partial charge is 0.284 e. The fourth-order valence-electron chi connectivity index (χ4n) is 4.46. The Labute approximate surface area is 200 Å². The van der Waals surface area contributed by atoms with Crippen LogP contribution in [0.25, 0.3) is 11.3 Å². The molecule has 2 aromatic carbocycles. The van der Waals surface area contributed by atoms with Gasteiger partial charge in [-0.15, -0.1) is 0 Å². The number of fused-ring (bicyclic) bond motifs is 2. The zero-order valence-electron chi connectivity index (χ0n) is 18.8. The molecular weight excluding hydrogens is 444 g/mol. The first-order valence-corrected chi connectivity index (χ1v) is 11.5. The molecule has 0 atom stereocenters. The molecule has 6 rings (SSSR count). The van der Waals surface area contributed by atoms with E-state index in [2.05, 4.69) is 15.4 Å². The second-order valence-corrected chi connectivity index (χ2v) is 8.33. The van der Waals surface area contributed by atoms with Crippen molar-refractivity contribution >= 4 is 17.2 Å². The van der Waals surface area contributed by atoms with Gasteiger partial charge in [-0.3, -0.25) is 14.3 Å². The van der Waals surface area contributed by atoms with Crippen molar-refractivity contribution in [2.24, 2.45) is 0 Å². The highest BCUT2D eigenvalue weighted by molar-refractivity contribution is 6.05. The highest BCUT2D eigenvalue weighted by atomic mass is 16.5. The molecule has 1 aliphatic heterocycles. The van der Waals surface area contributed by atoms with Crippen molar-refractivity contribution in [3.63, 3.8) is 0 Å². The molecule has 0 fully saturated rings. The van der Waals surface area contributed by atoms with Gasteiger partial charge in [0.05, 0.1) is 17.6 Å². The average Bonchev–Trinajstić information content (AvgIpc) is 3.47. The van der Waals surface area contributed by atoms with Gasteiger partial charge >= 0.3 is 0 Å². The number of carbonyl (C=O) groups is 1. The summed E-state index contributed by atoms with van der Waals surface area (Å²) in [6, 6.07) is 19.9. The van der Waals surface area contributed by atoms with Crippen molar-refractivity contribution in [3.8, 4) is 17.3 Å². The summed E-state index contributed by atoms with van der Waals surface area (Å²) in [4.78, 5) is 31.0. The summed E-state index contributed by atoms with van der Waals surface area (Å²) in [5.41, 5.74) is 2.69. The Morgan fingerprint density at radius 1 is 0.971 bits per heavy atom. The summed E-state index contributed by atoms with van der Waals surface area (Å²) in [6.45, 7) is 0.706. The monoisotopic (exact) mass is 466 g/mol. The molecule has 1 N–H and O–H groups in total. The first kappa shape index (κ1) is 20.9. The van der Waals surface area contributed by atoms with Gasteiger partial charge in [-0.1, -0.05) is 18.2 Å². The summed E-state index contributed by atoms with van der Waals surface area (Å²) in [5, 5.41) is 6.99. The van der Waals surface area contributed by atoms with E-state index in [4.69, 9.17) is 4.74 Å². The van der Waals surface area contributed by atoms with Gasteiger partial charge in [0, 0.05) is 30.6 Å². The quantitative estimate of drug-likeness (QED) is 0.421. The number of carbonyl (C=O) groups excluding carboxylic acids is 1. The molecule has 0 saturated heterocycles. The second kappa shape index (κ2) is 8.60. The first-order valence-electron chi connectivity index (χ1n) is 11.5. The summed E-state index contributed by atoms with van der Waals surface area (Å²) in [7, 11) is 0. The van der Waals surface area contributed by atoms with E-state index in [1.54, 1.807) is 58.0 Å². The van der Waals surface area contributed by atoms with Crippen LogP contribution in [-0.2, 0) is 13.0 Å². The maximum atomic E-state index is 13.4. The molecule has 4 heterocycles. The minimum atomic E-state index is -0.406. The van der Waals surface area contributed by atoms with Crippen molar-refractivity contribution in [1.29, 1.82) is 0 Å². The third kappa shape index (κ3) is 3.86. The summed E-state index contributed by atoms with van der Waals surface area (Å²) in [6.07, 6.45) is 6.05. The summed E-state index contributed by atoms with van der Waals surface area (Å²) in [5.74, 6) is 0.612. The maximum Gasteiger partial charge on any atom is 0.284 e. The molecule has 9 heteroatoms. The number of hydrogen-bond donors (Lipinski definition) is 1. The van der Waals surface area contributed by atoms with Gasteiger partial charge in [0.2, 0.25) is 5.88 Å². The zero-order valence-corrected chi connectivity index (χ0v) is 18.8. The number of rotatable bonds is 5. The Bertz CT molecular complexity index is 1580.